The van der Waals surface area contributed by atoms with Gasteiger partial charge in [-0.2, -0.15) is 0 Å². The summed E-state index contributed by atoms with van der Waals surface area (Å²) >= 11 is 1.29. The lowest BCUT2D eigenvalue weighted by atomic mass is 10.1. The minimum Gasteiger partial charge on any atom is -0.497 e. The van der Waals surface area contributed by atoms with Crippen molar-refractivity contribution in [3.63, 3.8) is 0 Å². The summed E-state index contributed by atoms with van der Waals surface area (Å²) < 4.78 is 6.90. The standard InChI is InChI=1S/C23H27N5O3S/c1-14-6-11-19(15(2)12-14)25-20(29)13-32-23-27-26-21(28(23)4)16(3)24-22(30)17-7-9-18(31-5)10-8-17/h6-12,16H,13H2,1-5H3,(H,24,30)(H,25,29)/t16-/m1/s1. The molecular formula is C23H27N5O3S. The number of hydrogen-bond donors (Lipinski definition) is 2. The molecule has 0 radical (unpaired) electrons. The Morgan fingerprint density at radius 3 is 2.50 bits per heavy atom. The zero-order valence-electron chi connectivity index (χ0n) is 18.8. The van der Waals surface area contributed by atoms with E-state index in [0.717, 1.165) is 16.8 Å². The van der Waals surface area contributed by atoms with Crippen LogP contribution in [0.2, 0.25) is 0 Å². The van der Waals surface area contributed by atoms with E-state index in [9.17, 15) is 9.59 Å². The second-order valence-corrected chi connectivity index (χ2v) is 8.42. The summed E-state index contributed by atoms with van der Waals surface area (Å²) in [6, 6.07) is 12.4. The van der Waals surface area contributed by atoms with Gasteiger partial charge in [-0.25, -0.2) is 0 Å². The minimum atomic E-state index is -0.361. The predicted molar refractivity (Wildman–Crippen MR) is 125 cm³/mol. The maximum absolute atomic E-state index is 12.5. The van der Waals surface area contributed by atoms with Crippen molar-refractivity contribution in [2.75, 3.05) is 18.2 Å². The Morgan fingerprint density at radius 2 is 1.84 bits per heavy atom. The Hall–Kier alpha value is -3.33. The number of methoxy groups -OCH3 is 1. The Labute approximate surface area is 191 Å². The van der Waals surface area contributed by atoms with Crippen LogP contribution in [0.3, 0.4) is 0 Å². The van der Waals surface area contributed by atoms with Gasteiger partial charge in [-0.05, 0) is 56.7 Å². The molecular weight excluding hydrogens is 426 g/mol. The average molecular weight is 454 g/mol. The molecule has 0 aliphatic carbocycles. The minimum absolute atomic E-state index is 0.118. The van der Waals surface area contributed by atoms with Gasteiger partial charge in [0.05, 0.1) is 18.9 Å². The van der Waals surface area contributed by atoms with E-state index in [0.29, 0.717) is 22.3 Å². The van der Waals surface area contributed by atoms with Crippen LogP contribution in [0.25, 0.3) is 0 Å². The van der Waals surface area contributed by atoms with Crippen molar-refractivity contribution in [3.8, 4) is 5.75 Å². The first-order valence-corrected chi connectivity index (χ1v) is 11.1. The Kier molecular flexibility index (Phi) is 7.53. The van der Waals surface area contributed by atoms with Gasteiger partial charge in [-0.1, -0.05) is 29.5 Å². The lowest BCUT2D eigenvalue weighted by Crippen LogP contribution is -2.28. The summed E-state index contributed by atoms with van der Waals surface area (Å²) in [6.45, 7) is 5.82. The van der Waals surface area contributed by atoms with Gasteiger partial charge in [0.15, 0.2) is 11.0 Å². The molecule has 2 amide bonds. The van der Waals surface area contributed by atoms with Crippen LogP contribution in [-0.2, 0) is 11.8 Å². The van der Waals surface area contributed by atoms with E-state index in [1.54, 1.807) is 35.9 Å². The number of nitrogens with zero attached hydrogens (tertiary/aromatic N) is 3. The number of nitrogens with one attached hydrogen (secondary N) is 2. The fourth-order valence-electron chi connectivity index (χ4n) is 3.19. The van der Waals surface area contributed by atoms with E-state index in [2.05, 4.69) is 20.8 Å². The fraction of sp³-hybridized carbons (Fsp3) is 0.304. The predicted octanol–water partition coefficient (Wildman–Crippen LogP) is 3.66. The molecule has 8 nitrogen and oxygen atoms in total. The molecule has 3 aromatic rings. The molecule has 1 heterocycles. The molecule has 32 heavy (non-hydrogen) atoms. The van der Waals surface area contributed by atoms with Gasteiger partial charge in [0.25, 0.3) is 5.91 Å². The van der Waals surface area contributed by atoms with E-state index < -0.39 is 0 Å². The monoisotopic (exact) mass is 453 g/mol. The number of carbonyl (C=O) groups excluding carboxylic acids is 2. The van der Waals surface area contributed by atoms with E-state index in [4.69, 9.17) is 4.74 Å². The highest BCUT2D eigenvalue weighted by Gasteiger charge is 2.19. The average Bonchev–Trinajstić information content (AvgIpc) is 3.14. The summed E-state index contributed by atoms with van der Waals surface area (Å²) in [5.74, 6) is 1.15. The molecule has 2 N–H and O–H groups in total. The number of benzene rings is 2. The maximum atomic E-state index is 12.5. The zero-order chi connectivity index (χ0) is 23.3. The third kappa shape index (κ3) is 5.67. The second kappa shape index (κ2) is 10.3. The first-order chi connectivity index (χ1) is 15.3. The van der Waals surface area contributed by atoms with Crippen LogP contribution in [-0.4, -0.2) is 39.4 Å². The largest absolute Gasteiger partial charge is 0.497 e. The number of carbonyl (C=O) groups is 2. The number of aromatic nitrogens is 3. The van der Waals surface area contributed by atoms with Crippen molar-refractivity contribution >= 4 is 29.3 Å². The van der Waals surface area contributed by atoms with E-state index in [1.807, 2.05) is 46.0 Å². The number of ether oxygens (including phenoxy) is 1. The Bertz CT molecular complexity index is 1110. The number of rotatable bonds is 8. The molecule has 0 saturated carbocycles. The summed E-state index contributed by atoms with van der Waals surface area (Å²) in [5.41, 5.74) is 3.49. The molecule has 2 aromatic carbocycles. The molecule has 1 atom stereocenters. The molecule has 1 aromatic heterocycles. The van der Waals surface area contributed by atoms with Gasteiger partial charge in [-0.15, -0.1) is 10.2 Å². The van der Waals surface area contributed by atoms with Crippen molar-refractivity contribution in [2.45, 2.75) is 32.0 Å². The van der Waals surface area contributed by atoms with Crippen LogP contribution in [0, 0.1) is 13.8 Å². The van der Waals surface area contributed by atoms with Gasteiger partial charge in [0.2, 0.25) is 5.91 Å². The van der Waals surface area contributed by atoms with Gasteiger partial charge < -0.3 is 19.9 Å². The van der Waals surface area contributed by atoms with Crippen LogP contribution >= 0.6 is 11.8 Å². The summed E-state index contributed by atoms with van der Waals surface area (Å²) in [7, 11) is 3.39. The Balaban J connectivity index is 1.57. The van der Waals surface area contributed by atoms with Crippen LogP contribution < -0.4 is 15.4 Å². The highest BCUT2D eigenvalue weighted by molar-refractivity contribution is 7.99. The molecule has 9 heteroatoms. The zero-order valence-corrected chi connectivity index (χ0v) is 19.6. The van der Waals surface area contributed by atoms with Gasteiger partial charge in [-0.3, -0.25) is 9.59 Å². The van der Waals surface area contributed by atoms with Crippen LogP contribution in [0.5, 0.6) is 5.75 Å². The van der Waals surface area contributed by atoms with Gasteiger partial charge in [0, 0.05) is 18.3 Å². The smallest absolute Gasteiger partial charge is 0.251 e. The van der Waals surface area contributed by atoms with Crippen molar-refractivity contribution in [3.05, 3.63) is 65.0 Å². The molecule has 168 valence electrons. The maximum Gasteiger partial charge on any atom is 0.251 e. The van der Waals surface area contributed by atoms with Crippen molar-refractivity contribution < 1.29 is 14.3 Å². The summed E-state index contributed by atoms with van der Waals surface area (Å²) in [5, 5.41) is 14.8. The van der Waals surface area contributed by atoms with Crippen molar-refractivity contribution in [1.82, 2.24) is 20.1 Å². The molecule has 3 rings (SSSR count). The van der Waals surface area contributed by atoms with Crippen LogP contribution in [0.15, 0.2) is 47.6 Å². The topological polar surface area (TPSA) is 98.1 Å². The quantitative estimate of drug-likeness (QED) is 0.505. The highest BCUT2D eigenvalue weighted by Crippen LogP contribution is 2.21. The van der Waals surface area contributed by atoms with Gasteiger partial charge in [0.1, 0.15) is 5.75 Å². The van der Waals surface area contributed by atoms with E-state index >= 15 is 0 Å². The first kappa shape index (κ1) is 23.3. The number of aryl methyl sites for hydroxylation is 2. The number of anilines is 1. The molecule has 0 bridgehead atoms. The number of thioether (sulfide) groups is 1. The Morgan fingerprint density at radius 1 is 1.12 bits per heavy atom. The first-order valence-electron chi connectivity index (χ1n) is 10.1. The van der Waals surface area contributed by atoms with E-state index in [-0.39, 0.29) is 23.6 Å². The van der Waals surface area contributed by atoms with E-state index in [1.165, 1.54) is 11.8 Å². The highest BCUT2D eigenvalue weighted by atomic mass is 32.2. The fourth-order valence-corrected chi connectivity index (χ4v) is 3.90. The molecule has 0 saturated heterocycles. The summed E-state index contributed by atoms with van der Waals surface area (Å²) in [4.78, 5) is 24.9. The summed E-state index contributed by atoms with van der Waals surface area (Å²) in [6.07, 6.45) is 0. The van der Waals surface area contributed by atoms with Crippen LogP contribution in [0.1, 0.15) is 40.3 Å². The third-order valence-electron chi connectivity index (χ3n) is 4.94. The van der Waals surface area contributed by atoms with Crippen molar-refractivity contribution in [2.24, 2.45) is 7.05 Å². The molecule has 0 aliphatic heterocycles. The van der Waals surface area contributed by atoms with Gasteiger partial charge >= 0.3 is 0 Å². The van der Waals surface area contributed by atoms with Crippen LogP contribution in [0.4, 0.5) is 5.69 Å². The normalized spacial score (nSPS) is 11.7. The SMILES string of the molecule is COc1ccc(C(=O)N[C@H](C)c2nnc(SCC(=O)Nc3ccc(C)cc3C)n2C)cc1. The van der Waals surface area contributed by atoms with Crippen molar-refractivity contribution in [1.29, 1.82) is 0 Å². The second-order valence-electron chi connectivity index (χ2n) is 7.48. The molecule has 0 unspecified atom stereocenters. The third-order valence-corrected chi connectivity index (χ3v) is 5.96. The number of hydrogen-bond acceptors (Lipinski definition) is 6. The molecule has 0 fully saturated rings. The number of amides is 2. The lowest BCUT2D eigenvalue weighted by molar-refractivity contribution is -0.113. The lowest BCUT2D eigenvalue weighted by Gasteiger charge is -2.14. The molecule has 0 aliphatic rings. The molecule has 0 spiro atoms.